The zero-order valence-corrected chi connectivity index (χ0v) is 16.7. The Balaban J connectivity index is 1.53. The van der Waals surface area contributed by atoms with E-state index in [0.29, 0.717) is 27.8 Å². The number of amides is 1. The van der Waals surface area contributed by atoms with Crippen LogP contribution < -0.4 is 19.5 Å². The van der Waals surface area contributed by atoms with Gasteiger partial charge in [0.15, 0.2) is 17.6 Å². The molecule has 0 saturated carbocycles. The highest BCUT2D eigenvalue weighted by molar-refractivity contribution is 6.32. The molecule has 3 rings (SSSR count). The van der Waals surface area contributed by atoms with Gasteiger partial charge in [-0.25, -0.2) is 4.79 Å². The van der Waals surface area contributed by atoms with Crippen molar-refractivity contribution < 1.29 is 28.5 Å². The van der Waals surface area contributed by atoms with Crippen LogP contribution in [0.25, 0.3) is 6.08 Å². The van der Waals surface area contributed by atoms with Crippen LogP contribution in [0.1, 0.15) is 18.1 Å². The number of rotatable bonds is 7. The van der Waals surface area contributed by atoms with Gasteiger partial charge in [0.1, 0.15) is 5.75 Å². The Morgan fingerprint density at radius 3 is 2.86 bits per heavy atom. The van der Waals surface area contributed by atoms with Crippen molar-refractivity contribution in [3.8, 4) is 17.2 Å². The molecule has 1 heterocycles. The van der Waals surface area contributed by atoms with Gasteiger partial charge < -0.3 is 24.3 Å². The van der Waals surface area contributed by atoms with Gasteiger partial charge in [0.2, 0.25) is 6.79 Å². The second-order valence-electron chi connectivity index (χ2n) is 6.18. The van der Waals surface area contributed by atoms with Crippen molar-refractivity contribution in [3.63, 3.8) is 0 Å². The smallest absolute Gasteiger partial charge is 0.331 e. The first kappa shape index (κ1) is 20.5. The lowest BCUT2D eigenvalue weighted by Crippen LogP contribution is -2.35. The summed E-state index contributed by atoms with van der Waals surface area (Å²) in [6, 6.07) is 10.7. The zero-order chi connectivity index (χ0) is 20.8. The minimum atomic E-state index is -0.956. The van der Waals surface area contributed by atoms with Crippen LogP contribution in [-0.2, 0) is 20.9 Å². The summed E-state index contributed by atoms with van der Waals surface area (Å²) in [7, 11) is 1.56. The second kappa shape index (κ2) is 9.34. The fourth-order valence-electron chi connectivity index (χ4n) is 2.69. The molecule has 0 saturated heterocycles. The van der Waals surface area contributed by atoms with Crippen molar-refractivity contribution in [2.45, 2.75) is 19.6 Å². The number of esters is 1. The molecule has 0 fully saturated rings. The van der Waals surface area contributed by atoms with E-state index in [1.807, 2.05) is 18.2 Å². The molecule has 0 radical (unpaired) electrons. The highest BCUT2D eigenvalue weighted by Crippen LogP contribution is 2.40. The van der Waals surface area contributed by atoms with E-state index in [4.69, 9.17) is 30.5 Å². The summed E-state index contributed by atoms with van der Waals surface area (Å²) < 4.78 is 20.9. The first-order chi connectivity index (χ1) is 14.0. The molecule has 8 heteroatoms. The Bertz CT molecular complexity index is 943. The fraction of sp³-hybridized carbons (Fsp3) is 0.238. The van der Waals surface area contributed by atoms with Gasteiger partial charge in [-0.05, 0) is 36.8 Å². The number of halogens is 1. The average Bonchev–Trinajstić information content (AvgIpc) is 3.20. The molecule has 0 aromatic heterocycles. The van der Waals surface area contributed by atoms with Gasteiger partial charge in [0.25, 0.3) is 5.91 Å². The molecule has 7 nitrogen and oxygen atoms in total. The average molecular weight is 418 g/mol. The molecule has 1 amide bonds. The van der Waals surface area contributed by atoms with E-state index >= 15 is 0 Å². The monoisotopic (exact) mass is 417 g/mol. The number of benzene rings is 2. The summed E-state index contributed by atoms with van der Waals surface area (Å²) in [5.74, 6) is 0.589. The Hall–Kier alpha value is -3.19. The lowest BCUT2D eigenvalue weighted by molar-refractivity contribution is -0.150. The minimum Gasteiger partial charge on any atom is -0.496 e. The quantitative estimate of drug-likeness (QED) is 0.549. The van der Waals surface area contributed by atoms with Gasteiger partial charge in [0, 0.05) is 18.2 Å². The van der Waals surface area contributed by atoms with E-state index in [-0.39, 0.29) is 13.3 Å². The summed E-state index contributed by atoms with van der Waals surface area (Å²) >= 11 is 6.11. The number of hydrogen-bond donors (Lipinski definition) is 1. The number of para-hydroxylation sites is 1. The fourth-order valence-corrected chi connectivity index (χ4v) is 2.96. The third-order valence-electron chi connectivity index (χ3n) is 4.17. The number of methoxy groups -OCH3 is 1. The summed E-state index contributed by atoms with van der Waals surface area (Å²) in [4.78, 5) is 24.2. The number of carbonyl (C=O) groups is 2. The molecule has 0 spiro atoms. The maximum Gasteiger partial charge on any atom is 0.331 e. The SMILES string of the molecule is COc1ccccc1CNC(=O)[C@H](C)OC(=O)/C=C/c1cc(Cl)c2c(c1)OCO2. The van der Waals surface area contributed by atoms with Crippen molar-refractivity contribution in [3.05, 3.63) is 58.6 Å². The van der Waals surface area contributed by atoms with E-state index in [0.717, 1.165) is 5.56 Å². The van der Waals surface area contributed by atoms with Crippen molar-refractivity contribution in [1.82, 2.24) is 5.32 Å². The maximum absolute atomic E-state index is 12.2. The molecule has 1 atom stereocenters. The molecule has 0 aliphatic carbocycles. The molecule has 1 N–H and O–H groups in total. The third kappa shape index (κ3) is 5.20. The largest absolute Gasteiger partial charge is 0.496 e. The van der Waals surface area contributed by atoms with Crippen molar-refractivity contribution in [2.24, 2.45) is 0 Å². The molecule has 152 valence electrons. The summed E-state index contributed by atoms with van der Waals surface area (Å²) in [6.07, 6.45) is 1.79. The van der Waals surface area contributed by atoms with Crippen molar-refractivity contribution in [1.29, 1.82) is 0 Å². The van der Waals surface area contributed by atoms with E-state index in [1.165, 1.54) is 19.1 Å². The van der Waals surface area contributed by atoms with Crippen LogP contribution in [0.4, 0.5) is 0 Å². The van der Waals surface area contributed by atoms with E-state index < -0.39 is 18.0 Å². The molecule has 1 aliphatic heterocycles. The lowest BCUT2D eigenvalue weighted by Gasteiger charge is -2.13. The predicted octanol–water partition coefficient (Wildman–Crippen LogP) is 3.34. The number of hydrogen-bond acceptors (Lipinski definition) is 6. The van der Waals surface area contributed by atoms with Gasteiger partial charge in [-0.15, -0.1) is 0 Å². The van der Waals surface area contributed by atoms with Gasteiger partial charge in [-0.2, -0.15) is 0 Å². The van der Waals surface area contributed by atoms with Crippen LogP contribution >= 0.6 is 11.6 Å². The van der Waals surface area contributed by atoms with Crippen LogP contribution in [0.15, 0.2) is 42.5 Å². The molecule has 1 aliphatic rings. The second-order valence-corrected chi connectivity index (χ2v) is 6.59. The number of fused-ring (bicyclic) bond motifs is 1. The molecular weight excluding hydrogens is 398 g/mol. The topological polar surface area (TPSA) is 83.1 Å². The first-order valence-corrected chi connectivity index (χ1v) is 9.23. The normalized spacial score (nSPS) is 13.2. The standard InChI is InChI=1S/C21H20ClNO6/c1-13(21(25)23-11-15-5-3-4-6-17(15)26-2)29-19(24)8-7-14-9-16(22)20-18(10-14)27-12-28-20/h3-10,13H,11-12H2,1-2H3,(H,23,25)/b8-7+/t13-/m0/s1. The van der Waals surface area contributed by atoms with Crippen LogP contribution in [0.5, 0.6) is 17.2 Å². The lowest BCUT2D eigenvalue weighted by atomic mass is 10.2. The third-order valence-corrected chi connectivity index (χ3v) is 4.45. The highest BCUT2D eigenvalue weighted by Gasteiger charge is 2.19. The van der Waals surface area contributed by atoms with E-state index in [1.54, 1.807) is 25.3 Å². The molecular formula is C21H20ClNO6. The van der Waals surface area contributed by atoms with Crippen molar-refractivity contribution >= 4 is 29.6 Å². The molecule has 2 aromatic rings. The Morgan fingerprint density at radius 2 is 2.07 bits per heavy atom. The van der Waals surface area contributed by atoms with Crippen LogP contribution in [0.3, 0.4) is 0 Å². The number of ether oxygens (including phenoxy) is 4. The molecule has 0 bridgehead atoms. The van der Waals surface area contributed by atoms with Gasteiger partial charge >= 0.3 is 5.97 Å². The summed E-state index contributed by atoms with van der Waals surface area (Å²) in [5, 5.41) is 3.11. The van der Waals surface area contributed by atoms with Gasteiger partial charge in [-0.1, -0.05) is 29.8 Å². The van der Waals surface area contributed by atoms with Gasteiger partial charge in [-0.3, -0.25) is 4.79 Å². The van der Waals surface area contributed by atoms with Gasteiger partial charge in [0.05, 0.1) is 12.1 Å². The zero-order valence-electron chi connectivity index (χ0n) is 15.9. The first-order valence-electron chi connectivity index (χ1n) is 8.85. The summed E-state index contributed by atoms with van der Waals surface area (Å²) in [6.45, 7) is 1.86. The number of nitrogens with one attached hydrogen (secondary N) is 1. The number of carbonyl (C=O) groups excluding carboxylic acids is 2. The maximum atomic E-state index is 12.2. The van der Waals surface area contributed by atoms with Crippen LogP contribution in [0.2, 0.25) is 5.02 Å². The Kier molecular flexibility index (Phi) is 6.61. The Morgan fingerprint density at radius 1 is 1.28 bits per heavy atom. The summed E-state index contributed by atoms with van der Waals surface area (Å²) in [5.41, 5.74) is 1.46. The van der Waals surface area contributed by atoms with Crippen LogP contribution in [0, 0.1) is 0 Å². The predicted molar refractivity (Wildman–Crippen MR) is 107 cm³/mol. The van der Waals surface area contributed by atoms with Crippen molar-refractivity contribution in [2.75, 3.05) is 13.9 Å². The van der Waals surface area contributed by atoms with E-state index in [2.05, 4.69) is 5.32 Å². The molecule has 29 heavy (non-hydrogen) atoms. The molecule has 0 unspecified atom stereocenters. The highest BCUT2D eigenvalue weighted by atomic mass is 35.5. The van der Waals surface area contributed by atoms with Crippen LogP contribution in [-0.4, -0.2) is 31.9 Å². The minimum absolute atomic E-state index is 0.103. The molecule has 2 aromatic carbocycles. The Labute approximate surface area is 173 Å². The van der Waals surface area contributed by atoms with E-state index in [9.17, 15) is 9.59 Å².